The predicted molar refractivity (Wildman–Crippen MR) is 105 cm³/mol. The highest BCUT2D eigenvalue weighted by Crippen LogP contribution is 2.33. The minimum atomic E-state index is 0.0164. The molecule has 0 radical (unpaired) electrons. The molecular weight excluding hydrogens is 360 g/mol. The van der Waals surface area contributed by atoms with Gasteiger partial charge in [0, 0.05) is 55.1 Å². The van der Waals surface area contributed by atoms with Crippen LogP contribution in [0.15, 0.2) is 49.1 Å². The summed E-state index contributed by atoms with van der Waals surface area (Å²) < 4.78 is 2.07. The van der Waals surface area contributed by atoms with Crippen molar-refractivity contribution in [2.75, 3.05) is 6.54 Å². The Balaban J connectivity index is 1.52. The lowest BCUT2D eigenvalue weighted by Gasteiger charge is -2.34. The van der Waals surface area contributed by atoms with Gasteiger partial charge in [0.1, 0.15) is 11.9 Å². The average molecular weight is 379 g/mol. The van der Waals surface area contributed by atoms with Gasteiger partial charge in [0.05, 0.1) is 23.2 Å². The second kappa shape index (κ2) is 6.48. The van der Waals surface area contributed by atoms with Gasteiger partial charge in [-0.3, -0.25) is 9.88 Å². The van der Waals surface area contributed by atoms with Crippen molar-refractivity contribution >= 4 is 22.5 Å². The zero-order valence-electron chi connectivity index (χ0n) is 14.9. The van der Waals surface area contributed by atoms with Crippen LogP contribution < -0.4 is 0 Å². The van der Waals surface area contributed by atoms with Crippen molar-refractivity contribution in [1.29, 1.82) is 0 Å². The van der Waals surface area contributed by atoms with Crippen LogP contribution in [-0.4, -0.2) is 35.9 Å². The van der Waals surface area contributed by atoms with Gasteiger partial charge in [-0.1, -0.05) is 17.7 Å². The molecule has 0 amide bonds. The number of aromatic nitrogens is 5. The Morgan fingerprint density at radius 3 is 3.00 bits per heavy atom. The van der Waals surface area contributed by atoms with Crippen molar-refractivity contribution in [2.45, 2.75) is 19.0 Å². The third-order valence-electron chi connectivity index (χ3n) is 5.20. The number of hydrogen-bond acceptors (Lipinski definition) is 4. The van der Waals surface area contributed by atoms with Crippen LogP contribution in [-0.2, 0) is 20.0 Å². The normalized spacial score (nSPS) is 17.3. The quantitative estimate of drug-likeness (QED) is 0.592. The van der Waals surface area contributed by atoms with Gasteiger partial charge in [-0.15, -0.1) is 0 Å². The number of aromatic amines is 1. The maximum absolute atomic E-state index is 6.09. The van der Waals surface area contributed by atoms with Gasteiger partial charge in [-0.05, 0) is 24.3 Å². The Morgan fingerprint density at radius 2 is 2.15 bits per heavy atom. The molecule has 0 saturated heterocycles. The van der Waals surface area contributed by atoms with E-state index in [0.29, 0.717) is 0 Å². The van der Waals surface area contributed by atoms with Crippen molar-refractivity contribution in [3.63, 3.8) is 0 Å². The van der Waals surface area contributed by atoms with Crippen LogP contribution in [0.1, 0.15) is 28.9 Å². The van der Waals surface area contributed by atoms with E-state index in [1.807, 2.05) is 37.6 Å². The first-order chi connectivity index (χ1) is 13.2. The van der Waals surface area contributed by atoms with E-state index in [1.165, 1.54) is 5.69 Å². The molecular formula is C20H19ClN6. The fraction of sp³-hybridized carbons (Fsp3) is 0.250. The summed E-state index contributed by atoms with van der Waals surface area (Å²) in [6, 6.07) is 9.98. The summed E-state index contributed by atoms with van der Waals surface area (Å²) in [6.45, 7) is 1.66. The molecule has 0 unspecified atom stereocenters. The lowest BCUT2D eigenvalue weighted by Crippen LogP contribution is -2.37. The van der Waals surface area contributed by atoms with Gasteiger partial charge in [-0.2, -0.15) is 0 Å². The lowest BCUT2D eigenvalue weighted by molar-refractivity contribution is 0.188. The van der Waals surface area contributed by atoms with E-state index in [2.05, 4.69) is 36.6 Å². The number of imidazole rings is 2. The molecule has 1 atom stereocenters. The number of nitrogens with one attached hydrogen (secondary N) is 1. The molecule has 0 aliphatic carbocycles. The summed E-state index contributed by atoms with van der Waals surface area (Å²) in [5.74, 6) is 0.996. The lowest BCUT2D eigenvalue weighted by atomic mass is 10.0. The zero-order chi connectivity index (χ0) is 18.4. The molecule has 0 saturated carbocycles. The summed E-state index contributed by atoms with van der Waals surface area (Å²) in [7, 11) is 2.03. The van der Waals surface area contributed by atoms with Crippen molar-refractivity contribution < 1.29 is 0 Å². The van der Waals surface area contributed by atoms with Crippen LogP contribution >= 0.6 is 11.6 Å². The van der Waals surface area contributed by atoms with E-state index < -0.39 is 0 Å². The van der Waals surface area contributed by atoms with Crippen LogP contribution in [0.25, 0.3) is 10.9 Å². The van der Waals surface area contributed by atoms with Crippen molar-refractivity contribution in [1.82, 2.24) is 29.4 Å². The van der Waals surface area contributed by atoms with Gasteiger partial charge in [-0.25, -0.2) is 9.97 Å². The summed E-state index contributed by atoms with van der Waals surface area (Å²) in [5.41, 5.74) is 4.24. The minimum absolute atomic E-state index is 0.0164. The third kappa shape index (κ3) is 2.91. The summed E-state index contributed by atoms with van der Waals surface area (Å²) in [5, 5.41) is 1.79. The van der Waals surface area contributed by atoms with E-state index in [9.17, 15) is 0 Å². The van der Waals surface area contributed by atoms with Gasteiger partial charge in [0.2, 0.25) is 0 Å². The minimum Gasteiger partial charge on any atom is -0.348 e. The first kappa shape index (κ1) is 16.5. The SMILES string of the molecule is Cn1ccnc1[C@H]1c2nc[nH]c2CCN1Cc1ccc2cc(Cl)ccc2n1. The van der Waals surface area contributed by atoms with E-state index in [-0.39, 0.29) is 6.04 Å². The maximum atomic E-state index is 6.09. The molecule has 0 fully saturated rings. The van der Waals surface area contributed by atoms with Crippen LogP contribution in [0.5, 0.6) is 0 Å². The molecule has 0 bridgehead atoms. The van der Waals surface area contributed by atoms with Crippen molar-refractivity contribution in [3.8, 4) is 0 Å². The van der Waals surface area contributed by atoms with E-state index in [0.717, 1.165) is 52.6 Å². The number of nitrogens with zero attached hydrogens (tertiary/aromatic N) is 5. The molecule has 6 nitrogen and oxygen atoms in total. The molecule has 5 rings (SSSR count). The molecule has 0 spiro atoms. The standard InChI is InChI=1S/C20H19ClN6/c1-26-9-7-22-20(26)19-18-17(23-12-24-18)6-8-27(19)11-15-4-2-13-10-14(21)3-5-16(13)25-15/h2-5,7,9-10,12,19H,6,8,11H2,1H3,(H,23,24)/t19-/m1/s1. The summed E-state index contributed by atoms with van der Waals surface area (Å²) in [4.78, 5) is 19.7. The number of aryl methyl sites for hydroxylation is 1. The fourth-order valence-electron chi connectivity index (χ4n) is 3.86. The number of benzene rings is 1. The van der Waals surface area contributed by atoms with Gasteiger partial charge < -0.3 is 9.55 Å². The monoisotopic (exact) mass is 378 g/mol. The Labute approximate surface area is 161 Å². The van der Waals surface area contributed by atoms with Gasteiger partial charge in [0.15, 0.2) is 0 Å². The van der Waals surface area contributed by atoms with Crippen molar-refractivity contribution in [2.24, 2.45) is 7.05 Å². The molecule has 4 heterocycles. The first-order valence-electron chi connectivity index (χ1n) is 8.97. The molecule has 1 N–H and O–H groups in total. The highest BCUT2D eigenvalue weighted by Gasteiger charge is 2.33. The van der Waals surface area contributed by atoms with Crippen molar-refractivity contribution in [3.05, 3.63) is 77.0 Å². The first-order valence-corrected chi connectivity index (χ1v) is 9.35. The Bertz CT molecular complexity index is 1110. The second-order valence-corrected chi connectivity index (χ2v) is 7.36. The number of fused-ring (bicyclic) bond motifs is 2. The third-order valence-corrected chi connectivity index (χ3v) is 5.44. The zero-order valence-corrected chi connectivity index (χ0v) is 15.7. The number of rotatable bonds is 3. The second-order valence-electron chi connectivity index (χ2n) is 6.93. The fourth-order valence-corrected chi connectivity index (χ4v) is 4.04. The van der Waals surface area contributed by atoms with E-state index in [4.69, 9.17) is 16.6 Å². The van der Waals surface area contributed by atoms with E-state index >= 15 is 0 Å². The van der Waals surface area contributed by atoms with Crippen LogP contribution in [0.4, 0.5) is 0 Å². The topological polar surface area (TPSA) is 62.6 Å². The van der Waals surface area contributed by atoms with Crippen LogP contribution in [0.2, 0.25) is 5.02 Å². The molecule has 3 aromatic heterocycles. The molecule has 136 valence electrons. The molecule has 27 heavy (non-hydrogen) atoms. The number of halogens is 1. The maximum Gasteiger partial charge on any atom is 0.132 e. The number of H-pyrrole nitrogens is 1. The summed E-state index contributed by atoms with van der Waals surface area (Å²) in [6.07, 6.45) is 6.54. The molecule has 1 aliphatic rings. The van der Waals surface area contributed by atoms with Crippen LogP contribution in [0, 0.1) is 0 Å². The Morgan fingerprint density at radius 1 is 1.22 bits per heavy atom. The Hall–Kier alpha value is -2.70. The van der Waals surface area contributed by atoms with Crippen LogP contribution in [0.3, 0.4) is 0 Å². The van der Waals surface area contributed by atoms with E-state index in [1.54, 1.807) is 6.33 Å². The van der Waals surface area contributed by atoms with Gasteiger partial charge >= 0.3 is 0 Å². The van der Waals surface area contributed by atoms with Gasteiger partial charge in [0.25, 0.3) is 0 Å². The Kier molecular flexibility index (Phi) is 3.95. The predicted octanol–water partition coefficient (Wildman–Crippen LogP) is 3.49. The number of pyridine rings is 1. The summed E-state index contributed by atoms with van der Waals surface area (Å²) >= 11 is 6.09. The molecule has 4 aromatic rings. The smallest absolute Gasteiger partial charge is 0.132 e. The largest absolute Gasteiger partial charge is 0.348 e. The highest BCUT2D eigenvalue weighted by atomic mass is 35.5. The number of hydrogen-bond donors (Lipinski definition) is 1. The molecule has 7 heteroatoms. The molecule has 1 aromatic carbocycles. The average Bonchev–Trinajstić information content (AvgIpc) is 3.30. The highest BCUT2D eigenvalue weighted by molar-refractivity contribution is 6.31. The molecule has 1 aliphatic heterocycles.